The molecule has 1 aliphatic rings. The van der Waals surface area contributed by atoms with Crippen molar-refractivity contribution in [2.24, 2.45) is 10.7 Å². The number of urea groups is 1. The number of rotatable bonds is 5. The molecule has 0 saturated carbocycles. The minimum Gasteiger partial charge on any atom is -0.361 e. The van der Waals surface area contributed by atoms with Crippen molar-refractivity contribution in [3.63, 3.8) is 0 Å². The SMILES string of the molecule is CC(=C1C=Nc2ccc(NC(N)=O)cc21)c1cc(CNC(=O)c2cccnc2)c[nH]1. The van der Waals surface area contributed by atoms with Gasteiger partial charge in [0.25, 0.3) is 5.91 Å². The van der Waals surface area contributed by atoms with Crippen molar-refractivity contribution < 1.29 is 9.59 Å². The van der Waals surface area contributed by atoms with E-state index >= 15 is 0 Å². The van der Waals surface area contributed by atoms with E-state index < -0.39 is 6.03 Å². The predicted octanol–water partition coefficient (Wildman–Crippen LogP) is 3.48. The lowest BCUT2D eigenvalue weighted by Crippen LogP contribution is -2.22. The number of hydrogen-bond acceptors (Lipinski definition) is 4. The Morgan fingerprint density at radius 2 is 2.07 bits per heavy atom. The average Bonchev–Trinajstić information content (AvgIpc) is 3.39. The van der Waals surface area contributed by atoms with E-state index in [2.05, 4.69) is 25.6 Å². The quantitative estimate of drug-likeness (QED) is 0.524. The van der Waals surface area contributed by atoms with Crippen molar-refractivity contribution in [2.75, 3.05) is 5.32 Å². The lowest BCUT2D eigenvalue weighted by atomic mass is 9.99. The molecule has 150 valence electrons. The van der Waals surface area contributed by atoms with Crippen LogP contribution in [-0.2, 0) is 6.54 Å². The van der Waals surface area contributed by atoms with Crippen molar-refractivity contribution in [1.29, 1.82) is 0 Å². The molecule has 0 atom stereocenters. The fourth-order valence-corrected chi connectivity index (χ4v) is 3.27. The van der Waals surface area contributed by atoms with Crippen molar-refractivity contribution in [1.82, 2.24) is 15.3 Å². The number of benzene rings is 1. The number of nitrogens with zero attached hydrogens (tertiary/aromatic N) is 2. The van der Waals surface area contributed by atoms with E-state index in [1.165, 1.54) is 6.20 Å². The first-order chi connectivity index (χ1) is 14.5. The minimum absolute atomic E-state index is 0.174. The van der Waals surface area contributed by atoms with Crippen LogP contribution >= 0.6 is 0 Å². The molecule has 3 amide bonds. The summed E-state index contributed by atoms with van der Waals surface area (Å²) in [6.45, 7) is 2.39. The molecule has 3 heterocycles. The van der Waals surface area contributed by atoms with Crippen LogP contribution in [-0.4, -0.2) is 28.1 Å². The Labute approximate surface area is 172 Å². The normalized spacial score (nSPS) is 13.6. The van der Waals surface area contributed by atoms with Crippen molar-refractivity contribution in [3.8, 4) is 0 Å². The van der Waals surface area contributed by atoms with Gasteiger partial charge in [-0.1, -0.05) is 0 Å². The summed E-state index contributed by atoms with van der Waals surface area (Å²) in [6, 6.07) is 10.3. The molecular weight excluding hydrogens is 380 g/mol. The maximum absolute atomic E-state index is 12.2. The molecule has 1 aromatic carbocycles. The lowest BCUT2D eigenvalue weighted by Gasteiger charge is -2.08. The molecule has 30 heavy (non-hydrogen) atoms. The summed E-state index contributed by atoms with van der Waals surface area (Å²) in [5.74, 6) is -0.174. The van der Waals surface area contributed by atoms with Crippen LogP contribution in [0.1, 0.15) is 34.1 Å². The monoisotopic (exact) mass is 400 g/mol. The van der Waals surface area contributed by atoms with E-state index in [-0.39, 0.29) is 5.91 Å². The number of primary amides is 1. The van der Waals surface area contributed by atoms with Crippen LogP contribution in [0.4, 0.5) is 16.2 Å². The molecule has 0 unspecified atom stereocenters. The molecule has 0 bridgehead atoms. The number of aromatic amines is 1. The molecule has 0 spiro atoms. The Balaban J connectivity index is 1.52. The second-order valence-corrected chi connectivity index (χ2v) is 6.86. The van der Waals surface area contributed by atoms with Gasteiger partial charge in [-0.25, -0.2) is 4.79 Å². The molecule has 5 N–H and O–H groups in total. The summed E-state index contributed by atoms with van der Waals surface area (Å²) in [5.41, 5.74) is 11.9. The molecule has 2 aromatic heterocycles. The van der Waals surface area contributed by atoms with Crippen molar-refractivity contribution >= 4 is 40.7 Å². The van der Waals surface area contributed by atoms with E-state index in [0.717, 1.165) is 33.7 Å². The molecular formula is C22H20N6O2. The average molecular weight is 400 g/mol. The molecule has 0 aliphatic carbocycles. The third kappa shape index (κ3) is 3.97. The highest BCUT2D eigenvalue weighted by molar-refractivity contribution is 6.24. The zero-order valence-corrected chi connectivity index (χ0v) is 16.3. The number of nitrogens with one attached hydrogen (secondary N) is 3. The number of anilines is 1. The Morgan fingerprint density at radius 1 is 1.20 bits per heavy atom. The smallest absolute Gasteiger partial charge is 0.316 e. The molecule has 1 aliphatic heterocycles. The number of amides is 3. The number of aliphatic imine (C=N–C) groups is 1. The number of pyridine rings is 1. The van der Waals surface area contributed by atoms with Crippen molar-refractivity contribution in [2.45, 2.75) is 13.5 Å². The molecule has 0 saturated heterocycles. The van der Waals surface area contributed by atoms with Crippen molar-refractivity contribution in [3.05, 3.63) is 77.4 Å². The summed E-state index contributed by atoms with van der Waals surface area (Å²) in [7, 11) is 0. The van der Waals surface area contributed by atoms with Gasteiger partial charge in [-0.05, 0) is 54.5 Å². The standard InChI is InChI=1S/C22H20N6O2/c1-13(18-12-26-19-5-4-16(8-17(18)19)28-22(23)30)20-7-14(9-25-20)10-27-21(29)15-3-2-6-24-11-15/h2-9,11-12,25H,10H2,1H3,(H,27,29)(H3,23,28,30). The maximum Gasteiger partial charge on any atom is 0.316 e. The topological polar surface area (TPSA) is 125 Å². The predicted molar refractivity (Wildman–Crippen MR) is 116 cm³/mol. The Kier molecular flexibility index (Phi) is 5.13. The van der Waals surface area contributed by atoms with Crippen LogP contribution in [0, 0.1) is 0 Å². The van der Waals surface area contributed by atoms with Gasteiger partial charge in [0.05, 0.1) is 11.3 Å². The van der Waals surface area contributed by atoms with Gasteiger partial charge >= 0.3 is 6.03 Å². The van der Waals surface area contributed by atoms with E-state index in [9.17, 15) is 9.59 Å². The zero-order valence-electron chi connectivity index (χ0n) is 16.3. The van der Waals surface area contributed by atoms with E-state index in [1.807, 2.05) is 31.3 Å². The third-order valence-electron chi connectivity index (χ3n) is 4.81. The fourth-order valence-electron chi connectivity index (χ4n) is 3.27. The molecule has 8 heteroatoms. The number of nitrogens with two attached hydrogens (primary N) is 1. The number of carbonyl (C=O) groups excluding carboxylic acids is 2. The van der Waals surface area contributed by atoms with E-state index in [4.69, 9.17) is 5.73 Å². The Morgan fingerprint density at radius 3 is 2.83 bits per heavy atom. The first-order valence-electron chi connectivity index (χ1n) is 9.33. The van der Waals surface area contributed by atoms with Crippen LogP contribution in [0.15, 0.2) is 60.0 Å². The summed E-state index contributed by atoms with van der Waals surface area (Å²) >= 11 is 0. The lowest BCUT2D eigenvalue weighted by molar-refractivity contribution is 0.0950. The summed E-state index contributed by atoms with van der Waals surface area (Å²) < 4.78 is 0. The number of H-pyrrole nitrogens is 1. The van der Waals surface area contributed by atoms with Gasteiger partial charge in [0.1, 0.15) is 0 Å². The van der Waals surface area contributed by atoms with Crippen LogP contribution in [0.3, 0.4) is 0 Å². The van der Waals surface area contributed by atoms with Crippen LogP contribution in [0.2, 0.25) is 0 Å². The molecule has 8 nitrogen and oxygen atoms in total. The summed E-state index contributed by atoms with van der Waals surface area (Å²) in [4.78, 5) is 35.0. The second-order valence-electron chi connectivity index (χ2n) is 6.86. The maximum atomic E-state index is 12.2. The molecule has 0 radical (unpaired) electrons. The minimum atomic E-state index is -0.613. The van der Waals surface area contributed by atoms with Crippen LogP contribution in [0.5, 0.6) is 0 Å². The first kappa shape index (κ1) is 19.1. The van der Waals surface area contributed by atoms with E-state index in [1.54, 1.807) is 30.6 Å². The van der Waals surface area contributed by atoms with Gasteiger partial charge in [0.2, 0.25) is 0 Å². The fraction of sp³-hybridized carbons (Fsp3) is 0.0909. The molecule has 0 fully saturated rings. The number of carbonyl (C=O) groups is 2. The zero-order chi connectivity index (χ0) is 21.1. The number of fused-ring (bicyclic) bond motifs is 1. The van der Waals surface area contributed by atoms with Gasteiger partial charge in [0.15, 0.2) is 0 Å². The number of allylic oxidation sites excluding steroid dienone is 2. The highest BCUT2D eigenvalue weighted by atomic mass is 16.2. The van der Waals surface area contributed by atoms with Crippen LogP contribution < -0.4 is 16.4 Å². The third-order valence-corrected chi connectivity index (χ3v) is 4.81. The van der Waals surface area contributed by atoms with Crippen LogP contribution in [0.25, 0.3) is 11.1 Å². The summed E-state index contributed by atoms with van der Waals surface area (Å²) in [5, 5.41) is 5.47. The van der Waals surface area contributed by atoms with Gasteiger partial charge in [-0.2, -0.15) is 0 Å². The van der Waals surface area contributed by atoms with Gasteiger partial charge < -0.3 is 21.4 Å². The van der Waals surface area contributed by atoms with E-state index in [0.29, 0.717) is 17.8 Å². The molecule has 3 aromatic rings. The first-order valence-corrected chi connectivity index (χ1v) is 9.33. The Hall–Kier alpha value is -4.20. The highest BCUT2D eigenvalue weighted by Gasteiger charge is 2.17. The van der Waals surface area contributed by atoms with Gasteiger partial charge in [-0.3, -0.25) is 14.8 Å². The van der Waals surface area contributed by atoms with Gasteiger partial charge in [0, 0.05) is 53.9 Å². The summed E-state index contributed by atoms with van der Waals surface area (Å²) in [6.07, 6.45) is 6.83. The number of aromatic nitrogens is 2. The largest absolute Gasteiger partial charge is 0.361 e. The highest BCUT2D eigenvalue weighted by Crippen LogP contribution is 2.37. The number of hydrogen-bond donors (Lipinski definition) is 4. The molecule has 4 rings (SSSR count). The van der Waals surface area contributed by atoms with Gasteiger partial charge in [-0.15, -0.1) is 0 Å². The second kappa shape index (κ2) is 8.04. The Bertz CT molecular complexity index is 1180.